The monoisotopic (exact) mass is 441 g/mol. The van der Waals surface area contributed by atoms with Crippen LogP contribution in [0.25, 0.3) is 0 Å². The van der Waals surface area contributed by atoms with Crippen molar-refractivity contribution >= 4 is 53.7 Å². The second kappa shape index (κ2) is 9.07. The summed E-state index contributed by atoms with van der Waals surface area (Å²) in [7, 11) is 0. The van der Waals surface area contributed by atoms with Crippen LogP contribution in [0.3, 0.4) is 0 Å². The Morgan fingerprint density at radius 3 is 2.72 bits per heavy atom. The van der Waals surface area contributed by atoms with Crippen LogP contribution < -0.4 is 5.32 Å². The average molecular weight is 444 g/mol. The predicted octanol–water partition coefficient (Wildman–Crippen LogP) is 3.74. The molecular weight excluding hydrogens is 430 g/mol. The van der Waals surface area contributed by atoms with Crippen LogP contribution in [0.15, 0.2) is 27.1 Å². The fraction of sp³-hybridized carbons (Fsp3) is 0.417. The van der Waals surface area contributed by atoms with E-state index in [4.69, 9.17) is 4.74 Å². The van der Waals surface area contributed by atoms with Gasteiger partial charge in [-0.3, -0.25) is 4.79 Å². The summed E-state index contributed by atoms with van der Waals surface area (Å²) in [4.78, 5) is 11.9. The standard InChI is InChI=1S/C12H14Br3NO2/c13-4-7-18-6-1-5-16-12(17)10-3-2-9(14)8-11(10)15/h2-3,8H,1,4-7H2,(H,16,17). The van der Waals surface area contributed by atoms with Crippen molar-refractivity contribution < 1.29 is 9.53 Å². The fourth-order valence-electron chi connectivity index (χ4n) is 1.30. The van der Waals surface area contributed by atoms with Gasteiger partial charge in [-0.05, 0) is 40.5 Å². The molecule has 3 nitrogen and oxygen atoms in total. The summed E-state index contributed by atoms with van der Waals surface area (Å²) >= 11 is 10.0. The smallest absolute Gasteiger partial charge is 0.252 e. The van der Waals surface area contributed by atoms with E-state index in [1.807, 2.05) is 12.1 Å². The first-order chi connectivity index (χ1) is 8.65. The van der Waals surface area contributed by atoms with E-state index in [1.165, 1.54) is 0 Å². The molecule has 1 aromatic carbocycles. The van der Waals surface area contributed by atoms with Gasteiger partial charge in [-0.2, -0.15) is 0 Å². The number of amides is 1. The number of carbonyl (C=O) groups is 1. The Hall–Kier alpha value is 0.0900. The maximum Gasteiger partial charge on any atom is 0.252 e. The Labute approximate surface area is 132 Å². The molecule has 1 rings (SSSR count). The Balaban J connectivity index is 2.32. The zero-order chi connectivity index (χ0) is 13.4. The molecule has 0 radical (unpaired) electrons. The van der Waals surface area contributed by atoms with Crippen LogP contribution >= 0.6 is 47.8 Å². The van der Waals surface area contributed by atoms with E-state index in [-0.39, 0.29) is 5.91 Å². The molecule has 100 valence electrons. The third kappa shape index (κ3) is 5.82. The number of ether oxygens (including phenoxy) is 1. The van der Waals surface area contributed by atoms with Gasteiger partial charge in [0.15, 0.2) is 0 Å². The summed E-state index contributed by atoms with van der Waals surface area (Å²) in [5.74, 6) is -0.0742. The molecule has 1 aromatic rings. The highest BCUT2D eigenvalue weighted by Crippen LogP contribution is 2.21. The molecule has 18 heavy (non-hydrogen) atoms. The minimum atomic E-state index is -0.0742. The van der Waals surface area contributed by atoms with Crippen molar-refractivity contribution in [3.05, 3.63) is 32.7 Å². The summed E-state index contributed by atoms with van der Waals surface area (Å²) < 4.78 is 7.02. The van der Waals surface area contributed by atoms with Gasteiger partial charge >= 0.3 is 0 Å². The summed E-state index contributed by atoms with van der Waals surface area (Å²) in [6, 6.07) is 5.48. The van der Waals surface area contributed by atoms with Crippen molar-refractivity contribution in [1.29, 1.82) is 0 Å². The zero-order valence-electron chi connectivity index (χ0n) is 9.72. The first-order valence-electron chi connectivity index (χ1n) is 5.52. The van der Waals surface area contributed by atoms with E-state index < -0.39 is 0 Å². The predicted molar refractivity (Wildman–Crippen MR) is 83.4 cm³/mol. The van der Waals surface area contributed by atoms with Crippen LogP contribution in [-0.2, 0) is 4.74 Å². The van der Waals surface area contributed by atoms with Crippen LogP contribution in [0, 0.1) is 0 Å². The molecule has 0 spiro atoms. The molecule has 1 amide bonds. The highest BCUT2D eigenvalue weighted by molar-refractivity contribution is 9.11. The van der Waals surface area contributed by atoms with Crippen molar-refractivity contribution in [3.8, 4) is 0 Å². The SMILES string of the molecule is O=C(NCCCOCCBr)c1ccc(Br)cc1Br. The van der Waals surface area contributed by atoms with E-state index in [2.05, 4.69) is 53.1 Å². The van der Waals surface area contributed by atoms with Crippen molar-refractivity contribution in [2.75, 3.05) is 25.1 Å². The quantitative estimate of drug-likeness (QED) is 0.515. The minimum absolute atomic E-state index is 0.0742. The highest BCUT2D eigenvalue weighted by Gasteiger charge is 2.09. The molecule has 0 aliphatic heterocycles. The fourth-order valence-corrected chi connectivity index (χ4v) is 2.76. The van der Waals surface area contributed by atoms with Crippen molar-refractivity contribution in [3.63, 3.8) is 0 Å². The lowest BCUT2D eigenvalue weighted by atomic mass is 10.2. The van der Waals surface area contributed by atoms with Gasteiger partial charge in [0, 0.05) is 27.4 Å². The van der Waals surface area contributed by atoms with E-state index in [1.54, 1.807) is 6.07 Å². The minimum Gasteiger partial charge on any atom is -0.381 e. The average Bonchev–Trinajstić information content (AvgIpc) is 2.33. The van der Waals surface area contributed by atoms with Gasteiger partial charge in [0.05, 0.1) is 12.2 Å². The number of rotatable bonds is 7. The van der Waals surface area contributed by atoms with Crippen molar-refractivity contribution in [1.82, 2.24) is 5.32 Å². The number of halogens is 3. The topological polar surface area (TPSA) is 38.3 Å². The maximum atomic E-state index is 11.9. The maximum absolute atomic E-state index is 11.9. The summed E-state index contributed by atoms with van der Waals surface area (Å²) in [5.41, 5.74) is 0.638. The van der Waals surface area contributed by atoms with Crippen LogP contribution in [0.1, 0.15) is 16.8 Å². The van der Waals surface area contributed by atoms with Gasteiger partial charge in [-0.1, -0.05) is 31.9 Å². The lowest BCUT2D eigenvalue weighted by Gasteiger charge is -2.07. The molecule has 0 saturated heterocycles. The summed E-state index contributed by atoms with van der Waals surface area (Å²) in [6.45, 7) is 1.98. The Bertz CT molecular complexity index is 399. The zero-order valence-corrected chi connectivity index (χ0v) is 14.5. The Kier molecular flexibility index (Phi) is 8.13. The number of alkyl halides is 1. The van der Waals surface area contributed by atoms with Crippen LogP contribution in [0.2, 0.25) is 0 Å². The molecule has 1 N–H and O–H groups in total. The molecule has 0 bridgehead atoms. The molecule has 0 aromatic heterocycles. The van der Waals surface area contributed by atoms with E-state index in [0.29, 0.717) is 25.3 Å². The lowest BCUT2D eigenvalue weighted by Crippen LogP contribution is -2.25. The first-order valence-corrected chi connectivity index (χ1v) is 8.23. The van der Waals surface area contributed by atoms with Crippen LogP contribution in [-0.4, -0.2) is 31.0 Å². The van der Waals surface area contributed by atoms with E-state index in [0.717, 1.165) is 20.7 Å². The van der Waals surface area contributed by atoms with Gasteiger partial charge < -0.3 is 10.1 Å². The number of hydrogen-bond acceptors (Lipinski definition) is 2. The Morgan fingerprint density at radius 2 is 2.06 bits per heavy atom. The third-order valence-electron chi connectivity index (χ3n) is 2.15. The molecule has 6 heteroatoms. The molecule has 0 unspecified atom stereocenters. The molecule has 0 aliphatic rings. The van der Waals surface area contributed by atoms with Crippen molar-refractivity contribution in [2.45, 2.75) is 6.42 Å². The molecular formula is C12H14Br3NO2. The second-order valence-electron chi connectivity index (χ2n) is 3.53. The van der Waals surface area contributed by atoms with Gasteiger partial charge in [0.1, 0.15) is 0 Å². The van der Waals surface area contributed by atoms with Gasteiger partial charge in [-0.15, -0.1) is 0 Å². The molecule has 0 heterocycles. The largest absolute Gasteiger partial charge is 0.381 e. The highest BCUT2D eigenvalue weighted by atomic mass is 79.9. The van der Waals surface area contributed by atoms with E-state index >= 15 is 0 Å². The van der Waals surface area contributed by atoms with Crippen LogP contribution in [0.5, 0.6) is 0 Å². The second-order valence-corrected chi connectivity index (χ2v) is 6.10. The lowest BCUT2D eigenvalue weighted by molar-refractivity contribution is 0.0944. The van der Waals surface area contributed by atoms with Gasteiger partial charge in [-0.25, -0.2) is 0 Å². The number of benzene rings is 1. The van der Waals surface area contributed by atoms with Gasteiger partial charge in [0.25, 0.3) is 5.91 Å². The number of hydrogen-bond donors (Lipinski definition) is 1. The summed E-state index contributed by atoms with van der Waals surface area (Å²) in [5, 5.41) is 3.70. The Morgan fingerprint density at radius 1 is 1.28 bits per heavy atom. The molecule has 0 atom stereocenters. The first kappa shape index (κ1) is 16.1. The number of nitrogens with one attached hydrogen (secondary N) is 1. The van der Waals surface area contributed by atoms with Crippen LogP contribution in [0.4, 0.5) is 0 Å². The van der Waals surface area contributed by atoms with Gasteiger partial charge in [0.2, 0.25) is 0 Å². The summed E-state index contributed by atoms with van der Waals surface area (Å²) in [6.07, 6.45) is 0.812. The molecule has 0 saturated carbocycles. The normalized spacial score (nSPS) is 10.4. The number of carbonyl (C=O) groups excluding carboxylic acids is 1. The molecule has 0 fully saturated rings. The third-order valence-corrected chi connectivity index (χ3v) is 3.62. The van der Waals surface area contributed by atoms with E-state index in [9.17, 15) is 4.79 Å². The van der Waals surface area contributed by atoms with Crippen molar-refractivity contribution in [2.24, 2.45) is 0 Å². The molecule has 0 aliphatic carbocycles.